The van der Waals surface area contributed by atoms with Crippen molar-refractivity contribution in [3.05, 3.63) is 24.3 Å². The number of rotatable bonds is 6. The van der Waals surface area contributed by atoms with Crippen LogP contribution in [0.1, 0.15) is 6.92 Å². The summed E-state index contributed by atoms with van der Waals surface area (Å²) in [5, 5.41) is 9.25. The lowest BCUT2D eigenvalue weighted by Gasteiger charge is -2.34. The molecule has 1 N–H and O–H groups in total. The van der Waals surface area contributed by atoms with E-state index in [1.165, 1.54) is 0 Å². The van der Waals surface area contributed by atoms with Gasteiger partial charge in [0, 0.05) is 6.54 Å². The van der Waals surface area contributed by atoms with E-state index in [1.54, 1.807) is 29.2 Å². The minimum atomic E-state index is -0.282. The Hall–Kier alpha value is -1.79. The molecule has 1 unspecified atom stereocenters. The molecule has 1 heterocycles. The third kappa shape index (κ3) is 4.34. The Morgan fingerprint density at radius 3 is 2.62 bits per heavy atom. The highest BCUT2D eigenvalue weighted by atomic mass is 16.5. The molecule has 0 saturated carbocycles. The molecule has 1 saturated heterocycles. The highest BCUT2D eigenvalue weighted by molar-refractivity contribution is 5.78. The van der Waals surface area contributed by atoms with Crippen LogP contribution in [0.15, 0.2) is 24.3 Å². The van der Waals surface area contributed by atoms with E-state index in [-0.39, 0.29) is 25.2 Å². The summed E-state index contributed by atoms with van der Waals surface area (Å²) >= 11 is 0. The zero-order valence-corrected chi connectivity index (χ0v) is 12.2. The number of hydrogen-bond donors (Lipinski definition) is 1. The number of ether oxygens (including phenoxy) is 3. The second-order valence-electron chi connectivity index (χ2n) is 4.69. The number of carbonyl (C=O) groups is 1. The molecule has 1 aromatic carbocycles. The van der Waals surface area contributed by atoms with Crippen molar-refractivity contribution in [1.82, 2.24) is 4.90 Å². The molecular weight excluding hydrogens is 274 g/mol. The Kier molecular flexibility index (Phi) is 5.83. The first-order chi connectivity index (χ1) is 10.2. The monoisotopic (exact) mass is 295 g/mol. The molecule has 2 rings (SSSR count). The van der Waals surface area contributed by atoms with Crippen LogP contribution in [0.5, 0.6) is 11.5 Å². The molecule has 21 heavy (non-hydrogen) atoms. The normalized spacial score (nSPS) is 18.4. The maximum atomic E-state index is 12.1. The fourth-order valence-electron chi connectivity index (χ4n) is 2.16. The molecule has 1 amide bonds. The smallest absolute Gasteiger partial charge is 0.260 e. The molecule has 0 bridgehead atoms. The summed E-state index contributed by atoms with van der Waals surface area (Å²) in [5.41, 5.74) is 0. The van der Waals surface area contributed by atoms with E-state index >= 15 is 0 Å². The number of aliphatic hydroxyl groups is 1. The van der Waals surface area contributed by atoms with Gasteiger partial charge in [-0.2, -0.15) is 0 Å². The quantitative estimate of drug-likeness (QED) is 0.836. The molecule has 116 valence electrons. The predicted molar refractivity (Wildman–Crippen MR) is 76.5 cm³/mol. The third-order valence-corrected chi connectivity index (χ3v) is 3.26. The largest absolute Gasteiger partial charge is 0.494 e. The molecule has 0 spiro atoms. The maximum Gasteiger partial charge on any atom is 0.260 e. The standard InChI is InChI=1S/C15H21NO5/c1-2-20-13-3-5-14(6-4-13)21-11-15(18)16-7-8-19-10-12(16)9-17/h3-6,12,17H,2,7-11H2,1H3. The molecule has 1 aliphatic rings. The zero-order chi connectivity index (χ0) is 15.1. The molecule has 0 aromatic heterocycles. The van der Waals surface area contributed by atoms with Gasteiger partial charge < -0.3 is 24.2 Å². The van der Waals surface area contributed by atoms with Crippen LogP contribution in [0, 0.1) is 0 Å². The second kappa shape index (κ2) is 7.85. The minimum Gasteiger partial charge on any atom is -0.494 e. The Labute approximate surface area is 124 Å². The maximum absolute atomic E-state index is 12.1. The van der Waals surface area contributed by atoms with Gasteiger partial charge in [-0.3, -0.25) is 4.79 Å². The Bertz CT molecular complexity index is 448. The average molecular weight is 295 g/mol. The van der Waals surface area contributed by atoms with Crippen molar-refractivity contribution >= 4 is 5.91 Å². The summed E-state index contributed by atoms with van der Waals surface area (Å²) < 4.78 is 16.1. The van der Waals surface area contributed by atoms with E-state index in [0.29, 0.717) is 32.1 Å². The van der Waals surface area contributed by atoms with Crippen molar-refractivity contribution in [1.29, 1.82) is 0 Å². The zero-order valence-electron chi connectivity index (χ0n) is 12.2. The van der Waals surface area contributed by atoms with E-state index in [4.69, 9.17) is 14.2 Å². The molecule has 6 nitrogen and oxygen atoms in total. The first kappa shape index (κ1) is 15.6. The highest BCUT2D eigenvalue weighted by Gasteiger charge is 2.26. The number of morpholine rings is 1. The molecule has 1 aromatic rings. The van der Waals surface area contributed by atoms with Crippen molar-refractivity contribution in [2.45, 2.75) is 13.0 Å². The van der Waals surface area contributed by atoms with Gasteiger partial charge in [-0.05, 0) is 31.2 Å². The molecular formula is C15H21NO5. The van der Waals surface area contributed by atoms with Crippen molar-refractivity contribution in [2.24, 2.45) is 0 Å². The van der Waals surface area contributed by atoms with Gasteiger partial charge in [0.2, 0.25) is 0 Å². The van der Waals surface area contributed by atoms with Crippen molar-refractivity contribution < 1.29 is 24.1 Å². The van der Waals surface area contributed by atoms with Gasteiger partial charge in [0.05, 0.1) is 32.5 Å². The topological polar surface area (TPSA) is 68.2 Å². The van der Waals surface area contributed by atoms with Gasteiger partial charge in [-0.1, -0.05) is 0 Å². The lowest BCUT2D eigenvalue weighted by atomic mass is 10.2. The number of benzene rings is 1. The van der Waals surface area contributed by atoms with Crippen LogP contribution in [-0.4, -0.2) is 61.5 Å². The van der Waals surface area contributed by atoms with Crippen LogP contribution in [0.4, 0.5) is 0 Å². The second-order valence-corrected chi connectivity index (χ2v) is 4.69. The lowest BCUT2D eigenvalue weighted by Crippen LogP contribution is -2.51. The Morgan fingerprint density at radius 2 is 2.00 bits per heavy atom. The highest BCUT2D eigenvalue weighted by Crippen LogP contribution is 2.17. The number of nitrogens with zero attached hydrogens (tertiary/aromatic N) is 1. The van der Waals surface area contributed by atoms with E-state index in [9.17, 15) is 9.90 Å². The summed E-state index contributed by atoms with van der Waals surface area (Å²) in [4.78, 5) is 13.7. The van der Waals surface area contributed by atoms with Crippen LogP contribution in [0.25, 0.3) is 0 Å². The summed E-state index contributed by atoms with van der Waals surface area (Å²) in [6, 6.07) is 6.85. The molecule has 1 aliphatic heterocycles. The minimum absolute atomic E-state index is 0.0511. The first-order valence-electron chi connectivity index (χ1n) is 7.08. The van der Waals surface area contributed by atoms with Crippen LogP contribution < -0.4 is 9.47 Å². The molecule has 1 fully saturated rings. The molecule has 6 heteroatoms. The van der Waals surface area contributed by atoms with Crippen LogP contribution >= 0.6 is 0 Å². The average Bonchev–Trinajstić information content (AvgIpc) is 2.54. The molecule has 1 atom stereocenters. The number of hydrogen-bond acceptors (Lipinski definition) is 5. The van der Waals surface area contributed by atoms with E-state index < -0.39 is 0 Å². The third-order valence-electron chi connectivity index (χ3n) is 3.26. The van der Waals surface area contributed by atoms with Crippen molar-refractivity contribution in [3.8, 4) is 11.5 Å². The van der Waals surface area contributed by atoms with Gasteiger partial charge >= 0.3 is 0 Å². The summed E-state index contributed by atoms with van der Waals surface area (Å²) in [6.45, 7) is 3.72. The van der Waals surface area contributed by atoms with E-state index in [0.717, 1.165) is 5.75 Å². The number of aliphatic hydroxyl groups excluding tert-OH is 1. The predicted octanol–water partition coefficient (Wildman–Crippen LogP) is 0.684. The summed E-state index contributed by atoms with van der Waals surface area (Å²) in [5.74, 6) is 1.23. The van der Waals surface area contributed by atoms with Crippen LogP contribution in [0.2, 0.25) is 0 Å². The first-order valence-corrected chi connectivity index (χ1v) is 7.08. The van der Waals surface area contributed by atoms with E-state index in [2.05, 4.69) is 0 Å². The Balaban J connectivity index is 1.85. The fraction of sp³-hybridized carbons (Fsp3) is 0.533. The van der Waals surface area contributed by atoms with E-state index in [1.807, 2.05) is 6.92 Å². The van der Waals surface area contributed by atoms with Gasteiger partial charge in [-0.25, -0.2) is 0 Å². The van der Waals surface area contributed by atoms with Crippen molar-refractivity contribution in [3.63, 3.8) is 0 Å². The summed E-state index contributed by atoms with van der Waals surface area (Å²) in [7, 11) is 0. The van der Waals surface area contributed by atoms with Crippen LogP contribution in [0.3, 0.4) is 0 Å². The molecule has 0 aliphatic carbocycles. The molecule has 0 radical (unpaired) electrons. The fourth-order valence-corrected chi connectivity index (χ4v) is 2.16. The SMILES string of the molecule is CCOc1ccc(OCC(=O)N2CCOCC2CO)cc1. The van der Waals surface area contributed by atoms with Crippen molar-refractivity contribution in [2.75, 3.05) is 39.6 Å². The Morgan fingerprint density at radius 1 is 1.33 bits per heavy atom. The summed E-state index contributed by atoms with van der Waals surface area (Å²) in [6.07, 6.45) is 0. The van der Waals surface area contributed by atoms with Gasteiger partial charge in [0.15, 0.2) is 6.61 Å². The number of carbonyl (C=O) groups excluding carboxylic acids is 1. The van der Waals surface area contributed by atoms with Gasteiger partial charge in [0.1, 0.15) is 11.5 Å². The van der Waals surface area contributed by atoms with Gasteiger partial charge in [-0.15, -0.1) is 0 Å². The van der Waals surface area contributed by atoms with Crippen LogP contribution in [-0.2, 0) is 9.53 Å². The number of amides is 1. The van der Waals surface area contributed by atoms with Gasteiger partial charge in [0.25, 0.3) is 5.91 Å². The lowest BCUT2D eigenvalue weighted by molar-refractivity contribution is -0.143.